The number of aryl methyl sites for hydroxylation is 1. The fourth-order valence-electron chi connectivity index (χ4n) is 2.85. The Morgan fingerprint density at radius 1 is 1.43 bits per heavy atom. The van der Waals surface area contributed by atoms with Gasteiger partial charge in [0.25, 0.3) is 11.1 Å². The van der Waals surface area contributed by atoms with E-state index in [1.54, 1.807) is 12.3 Å². The monoisotopic (exact) mass is 469 g/mol. The van der Waals surface area contributed by atoms with Crippen LogP contribution in [0.3, 0.4) is 0 Å². The highest BCUT2D eigenvalue weighted by Crippen LogP contribution is 2.41. The Hall–Kier alpha value is -2.50. The van der Waals surface area contributed by atoms with Gasteiger partial charge in [-0.2, -0.15) is 5.26 Å². The molecule has 3 heterocycles. The van der Waals surface area contributed by atoms with Crippen LogP contribution in [0.4, 0.5) is 0 Å². The predicted molar refractivity (Wildman–Crippen MR) is 107 cm³/mol. The van der Waals surface area contributed by atoms with Crippen molar-refractivity contribution < 1.29 is 28.7 Å². The van der Waals surface area contributed by atoms with Crippen molar-refractivity contribution in [3.63, 3.8) is 0 Å². The molecule has 3 rings (SSSR count). The maximum absolute atomic E-state index is 12.5. The molecule has 1 fully saturated rings. The number of nitrogens with zero attached hydrogens (tertiary/aromatic N) is 4. The SMILES string of the molecule is Cc1nnc(SCC2=C(C(=O)O)N3C(=O)C(NC(=O)CC(=O)CSC#N)[C@@H]3SC2)o1. The number of thioether (sulfide) groups is 3. The summed E-state index contributed by atoms with van der Waals surface area (Å²) in [6.07, 6.45) is -0.442. The minimum Gasteiger partial charge on any atom is -0.477 e. The number of carboxylic acids is 1. The van der Waals surface area contributed by atoms with Gasteiger partial charge in [0.05, 0.1) is 12.2 Å². The predicted octanol–water partition coefficient (Wildman–Crippen LogP) is 0.382. The summed E-state index contributed by atoms with van der Waals surface area (Å²) in [7, 11) is 0. The first-order valence-electron chi connectivity index (χ1n) is 8.46. The number of β-lactam (4-membered cyclic amide) rings is 1. The molecule has 2 aliphatic heterocycles. The first-order chi connectivity index (χ1) is 14.3. The van der Waals surface area contributed by atoms with Crippen LogP contribution < -0.4 is 5.32 Å². The lowest BCUT2D eigenvalue weighted by atomic mass is 10.0. The van der Waals surface area contributed by atoms with Gasteiger partial charge in [0.15, 0.2) is 5.78 Å². The third-order valence-corrected chi connectivity index (χ3v) is 6.94. The molecule has 11 nitrogen and oxygen atoms in total. The van der Waals surface area contributed by atoms with E-state index in [1.807, 2.05) is 0 Å². The molecule has 30 heavy (non-hydrogen) atoms. The highest BCUT2D eigenvalue weighted by atomic mass is 32.2. The average Bonchev–Trinajstić information content (AvgIpc) is 3.13. The van der Waals surface area contributed by atoms with Crippen molar-refractivity contribution in [2.45, 2.75) is 30.0 Å². The van der Waals surface area contributed by atoms with E-state index in [9.17, 15) is 24.3 Å². The van der Waals surface area contributed by atoms with Crippen molar-refractivity contribution in [3.8, 4) is 5.40 Å². The molecule has 158 valence electrons. The van der Waals surface area contributed by atoms with Crippen molar-refractivity contribution >= 4 is 58.9 Å². The molecule has 0 aromatic carbocycles. The molecule has 0 bridgehead atoms. The second-order valence-corrected chi connectivity index (χ2v) is 8.97. The van der Waals surface area contributed by atoms with E-state index in [0.717, 1.165) is 16.7 Å². The van der Waals surface area contributed by atoms with Gasteiger partial charge >= 0.3 is 5.97 Å². The normalized spacial score (nSPS) is 20.3. The van der Waals surface area contributed by atoms with Crippen molar-refractivity contribution in [3.05, 3.63) is 17.2 Å². The minimum atomic E-state index is -1.24. The number of amides is 2. The molecule has 0 aliphatic carbocycles. The summed E-state index contributed by atoms with van der Waals surface area (Å²) in [5, 5.41) is 29.6. The molecule has 0 radical (unpaired) electrons. The first-order valence-corrected chi connectivity index (χ1v) is 11.5. The summed E-state index contributed by atoms with van der Waals surface area (Å²) in [6.45, 7) is 1.64. The number of hydrogen-bond donors (Lipinski definition) is 2. The number of carboxylic acid groups (broad SMARTS) is 1. The van der Waals surface area contributed by atoms with E-state index in [4.69, 9.17) is 9.68 Å². The van der Waals surface area contributed by atoms with Crippen LogP contribution in [0.1, 0.15) is 12.3 Å². The number of carbonyl (C=O) groups excluding carboxylic acids is 3. The number of nitrogens with one attached hydrogen (secondary N) is 1. The second kappa shape index (κ2) is 9.54. The van der Waals surface area contributed by atoms with E-state index in [0.29, 0.717) is 22.4 Å². The average molecular weight is 470 g/mol. The molecule has 1 aromatic heterocycles. The molecular formula is C16H15N5O6S3. The van der Waals surface area contributed by atoms with Crippen LogP contribution in [-0.2, 0) is 19.2 Å². The maximum atomic E-state index is 12.5. The molecule has 1 unspecified atom stereocenters. The van der Waals surface area contributed by atoms with Crippen LogP contribution in [0.2, 0.25) is 0 Å². The van der Waals surface area contributed by atoms with Crippen molar-refractivity contribution in [2.24, 2.45) is 0 Å². The van der Waals surface area contributed by atoms with Gasteiger partial charge in [-0.3, -0.25) is 19.3 Å². The van der Waals surface area contributed by atoms with Gasteiger partial charge in [-0.05, 0) is 17.3 Å². The van der Waals surface area contributed by atoms with Gasteiger partial charge in [0, 0.05) is 18.4 Å². The number of Topliss-reactive ketones (excluding diaryl/α,β-unsaturated/α-hetero) is 1. The number of aromatic nitrogens is 2. The molecule has 0 spiro atoms. The fourth-order valence-corrected chi connectivity index (χ4v) is 5.46. The molecular weight excluding hydrogens is 454 g/mol. The Labute approximate surface area is 183 Å². The van der Waals surface area contributed by atoms with Crippen LogP contribution in [-0.4, -0.2) is 72.4 Å². The molecule has 2 amide bonds. The zero-order valence-corrected chi connectivity index (χ0v) is 17.9. The van der Waals surface area contributed by atoms with Crippen LogP contribution in [0.15, 0.2) is 20.9 Å². The number of fused-ring (bicyclic) bond motifs is 1. The number of nitriles is 1. The second-order valence-electron chi connectivity index (χ2n) is 6.18. The summed E-state index contributed by atoms with van der Waals surface area (Å²) in [5.74, 6) is -1.96. The van der Waals surface area contributed by atoms with Gasteiger partial charge in [0.1, 0.15) is 22.5 Å². The van der Waals surface area contributed by atoms with Crippen LogP contribution >= 0.6 is 35.3 Å². The Bertz CT molecular complexity index is 971. The van der Waals surface area contributed by atoms with Gasteiger partial charge in [-0.25, -0.2) is 4.79 Å². The lowest BCUT2D eigenvalue weighted by molar-refractivity contribution is -0.150. The quantitative estimate of drug-likeness (QED) is 0.221. The number of thiocyanates is 1. The Balaban J connectivity index is 1.64. The van der Waals surface area contributed by atoms with Crippen LogP contribution in [0.5, 0.6) is 0 Å². The standard InChI is InChI=1S/C16H15N5O6S3/c1-7-19-20-16(27-7)30-4-8-3-29-14-11(13(24)21(14)12(8)15(25)26)18-10(23)2-9(22)5-28-6-17/h11,14H,2-5H2,1H3,(H,18,23)(H,25,26)/t11?,14-/m0/s1. The Morgan fingerprint density at radius 3 is 2.83 bits per heavy atom. The zero-order valence-electron chi connectivity index (χ0n) is 15.5. The lowest BCUT2D eigenvalue weighted by Crippen LogP contribution is -2.70. The molecule has 2 atom stereocenters. The van der Waals surface area contributed by atoms with E-state index < -0.39 is 41.4 Å². The maximum Gasteiger partial charge on any atom is 0.352 e. The highest BCUT2D eigenvalue weighted by molar-refractivity contribution is 8.04. The number of hydrogen-bond acceptors (Lipinski definition) is 11. The summed E-state index contributed by atoms with van der Waals surface area (Å²) >= 11 is 3.24. The van der Waals surface area contributed by atoms with E-state index in [-0.39, 0.29) is 17.2 Å². The summed E-state index contributed by atoms with van der Waals surface area (Å²) in [5.41, 5.74) is 0.422. The van der Waals surface area contributed by atoms with Crippen LogP contribution in [0.25, 0.3) is 0 Å². The molecule has 1 aromatic rings. The number of rotatable bonds is 9. The highest BCUT2D eigenvalue weighted by Gasteiger charge is 2.54. The molecule has 2 aliphatic rings. The third kappa shape index (κ3) is 4.79. The molecule has 2 N–H and O–H groups in total. The lowest BCUT2D eigenvalue weighted by Gasteiger charge is -2.49. The topological polar surface area (TPSA) is 166 Å². The molecule has 14 heteroatoms. The fraction of sp³-hybridized carbons (Fsp3) is 0.438. The van der Waals surface area contributed by atoms with E-state index in [1.165, 1.54) is 23.5 Å². The van der Waals surface area contributed by atoms with E-state index >= 15 is 0 Å². The summed E-state index contributed by atoms with van der Waals surface area (Å²) < 4.78 is 5.26. The van der Waals surface area contributed by atoms with Gasteiger partial charge in [-0.15, -0.1) is 22.0 Å². The Morgan fingerprint density at radius 2 is 2.20 bits per heavy atom. The largest absolute Gasteiger partial charge is 0.477 e. The number of carbonyl (C=O) groups is 4. The van der Waals surface area contributed by atoms with Gasteiger partial charge in [-0.1, -0.05) is 11.8 Å². The van der Waals surface area contributed by atoms with Crippen molar-refractivity contribution in [1.29, 1.82) is 5.26 Å². The minimum absolute atomic E-state index is 0.112. The third-order valence-electron chi connectivity index (χ3n) is 4.10. The van der Waals surface area contributed by atoms with E-state index in [2.05, 4.69) is 15.5 Å². The van der Waals surface area contributed by atoms with Gasteiger partial charge < -0.3 is 14.8 Å². The molecule has 1 saturated heterocycles. The summed E-state index contributed by atoms with van der Waals surface area (Å²) in [4.78, 5) is 49.1. The first kappa shape index (κ1) is 22.2. The van der Waals surface area contributed by atoms with Crippen LogP contribution in [0, 0.1) is 17.6 Å². The van der Waals surface area contributed by atoms with Gasteiger partial charge in [0.2, 0.25) is 11.8 Å². The Kier molecular flexibility index (Phi) is 7.06. The smallest absolute Gasteiger partial charge is 0.352 e. The number of ketones is 1. The molecule has 0 saturated carbocycles. The number of aliphatic carboxylic acids is 1. The van der Waals surface area contributed by atoms with Crippen molar-refractivity contribution in [2.75, 3.05) is 17.3 Å². The van der Waals surface area contributed by atoms with Crippen molar-refractivity contribution in [1.82, 2.24) is 20.4 Å². The summed E-state index contributed by atoms with van der Waals surface area (Å²) in [6, 6.07) is -0.902. The zero-order chi connectivity index (χ0) is 21.8.